The van der Waals surface area contributed by atoms with Gasteiger partial charge in [0.1, 0.15) is 10.8 Å². The largest absolute Gasteiger partial charge is 0.511 e. The predicted molar refractivity (Wildman–Crippen MR) is 82.9 cm³/mol. The number of Topliss-reactive ketones (excluding diaryl/α,β-unsaturated/α-hetero) is 1. The zero-order valence-corrected chi connectivity index (χ0v) is 12.8. The van der Waals surface area contributed by atoms with Gasteiger partial charge in [-0.1, -0.05) is 55.5 Å². The molecule has 1 heterocycles. The van der Waals surface area contributed by atoms with Gasteiger partial charge >= 0.3 is 0 Å². The number of aliphatic hydroxyl groups excluding tert-OH is 1. The van der Waals surface area contributed by atoms with Gasteiger partial charge in [-0.3, -0.25) is 4.79 Å². The Labute approximate surface area is 127 Å². The van der Waals surface area contributed by atoms with Crippen LogP contribution < -0.4 is 0 Å². The minimum absolute atomic E-state index is 0.0560. The lowest BCUT2D eigenvalue weighted by Gasteiger charge is -2.28. The monoisotopic (exact) mass is 300 g/mol. The molecule has 0 saturated carbocycles. The van der Waals surface area contributed by atoms with Gasteiger partial charge in [-0.2, -0.15) is 0 Å². The van der Waals surface area contributed by atoms with E-state index in [0.717, 1.165) is 10.6 Å². The van der Waals surface area contributed by atoms with E-state index >= 15 is 0 Å². The van der Waals surface area contributed by atoms with E-state index in [1.165, 1.54) is 11.3 Å². The molecule has 1 aromatic carbocycles. The van der Waals surface area contributed by atoms with E-state index < -0.39 is 0 Å². The molecule has 5 heteroatoms. The first-order valence-electron chi connectivity index (χ1n) is 6.81. The highest BCUT2D eigenvalue weighted by molar-refractivity contribution is 7.16. The average molecular weight is 300 g/mol. The van der Waals surface area contributed by atoms with Crippen molar-refractivity contribution in [2.75, 3.05) is 0 Å². The highest BCUT2D eigenvalue weighted by Gasteiger charge is 2.35. The quantitative estimate of drug-likeness (QED) is 0.914. The molecule has 2 aromatic rings. The lowest BCUT2D eigenvalue weighted by atomic mass is 9.77. The molecule has 1 aliphatic carbocycles. The Morgan fingerprint density at radius 2 is 1.76 bits per heavy atom. The van der Waals surface area contributed by atoms with Gasteiger partial charge in [-0.25, -0.2) is 0 Å². The fraction of sp³-hybridized carbons (Fsp3) is 0.312. The third-order valence-electron chi connectivity index (χ3n) is 3.51. The molecule has 4 nitrogen and oxygen atoms in total. The van der Waals surface area contributed by atoms with Crippen molar-refractivity contribution in [3.63, 3.8) is 0 Å². The molecule has 1 aromatic heterocycles. The molecule has 0 unspecified atom stereocenters. The number of hydrogen-bond donors (Lipinski definition) is 1. The number of aliphatic hydroxyl groups is 1. The van der Waals surface area contributed by atoms with Crippen molar-refractivity contribution in [2.45, 2.75) is 26.7 Å². The van der Waals surface area contributed by atoms with Gasteiger partial charge in [0.2, 0.25) is 0 Å². The van der Waals surface area contributed by atoms with Crippen LogP contribution in [0.3, 0.4) is 0 Å². The number of hydrogen-bond acceptors (Lipinski definition) is 5. The van der Waals surface area contributed by atoms with Gasteiger partial charge in [0, 0.05) is 18.4 Å². The summed E-state index contributed by atoms with van der Waals surface area (Å²) in [4.78, 5) is 12.3. The Bertz CT molecular complexity index is 717. The number of carbonyl (C=O) groups excluding carboxylic acids is 1. The molecule has 0 saturated heterocycles. The summed E-state index contributed by atoms with van der Waals surface area (Å²) < 4.78 is 0. The molecule has 108 valence electrons. The molecule has 0 aliphatic heterocycles. The van der Waals surface area contributed by atoms with Crippen LogP contribution >= 0.6 is 11.3 Å². The molecule has 0 radical (unpaired) electrons. The van der Waals surface area contributed by atoms with Crippen molar-refractivity contribution in [1.29, 1.82) is 0 Å². The summed E-state index contributed by atoms with van der Waals surface area (Å²) in [5.41, 5.74) is 1.11. The number of allylic oxidation sites excluding steroid dienone is 2. The molecule has 1 N–H and O–H groups in total. The van der Waals surface area contributed by atoms with E-state index in [0.29, 0.717) is 23.4 Å². The standard InChI is InChI=1S/C16H16N2O2S/c1-16(2)8-11(19)13(12(20)9-16)15-18-17-14(21-15)10-6-4-3-5-7-10/h3-7,19H,8-9H2,1-2H3. The average Bonchev–Trinajstić information content (AvgIpc) is 2.87. The van der Waals surface area contributed by atoms with Crippen LogP contribution in [0.2, 0.25) is 0 Å². The molecular formula is C16H16N2O2S. The fourth-order valence-electron chi connectivity index (χ4n) is 2.55. The number of rotatable bonds is 2. The zero-order valence-electron chi connectivity index (χ0n) is 12.0. The Morgan fingerprint density at radius 1 is 1.10 bits per heavy atom. The Kier molecular flexibility index (Phi) is 3.37. The first-order chi connectivity index (χ1) is 9.96. The number of benzene rings is 1. The summed E-state index contributed by atoms with van der Waals surface area (Å²) in [5.74, 6) is 0.0755. The topological polar surface area (TPSA) is 63.1 Å². The van der Waals surface area contributed by atoms with Crippen molar-refractivity contribution in [1.82, 2.24) is 10.2 Å². The van der Waals surface area contributed by atoms with Crippen molar-refractivity contribution in [3.8, 4) is 10.6 Å². The number of aromatic nitrogens is 2. The maximum Gasteiger partial charge on any atom is 0.169 e. The Balaban J connectivity index is 1.99. The van der Waals surface area contributed by atoms with Crippen molar-refractivity contribution >= 4 is 22.7 Å². The van der Waals surface area contributed by atoms with E-state index in [1.807, 2.05) is 44.2 Å². The molecular weight excluding hydrogens is 284 g/mol. The number of nitrogens with zero attached hydrogens (tertiary/aromatic N) is 2. The summed E-state index contributed by atoms with van der Waals surface area (Å²) >= 11 is 1.34. The molecule has 0 atom stereocenters. The van der Waals surface area contributed by atoms with Crippen LogP contribution in [-0.2, 0) is 4.79 Å². The SMILES string of the molecule is CC1(C)CC(=O)C(c2nnc(-c3ccccc3)s2)=C(O)C1. The minimum atomic E-state index is -0.197. The lowest BCUT2D eigenvalue weighted by Crippen LogP contribution is -2.25. The van der Waals surface area contributed by atoms with E-state index in [1.54, 1.807) is 0 Å². The summed E-state index contributed by atoms with van der Waals surface area (Å²) in [7, 11) is 0. The molecule has 0 amide bonds. The van der Waals surface area contributed by atoms with Crippen LogP contribution in [0, 0.1) is 5.41 Å². The van der Waals surface area contributed by atoms with Crippen molar-refractivity contribution in [2.24, 2.45) is 5.41 Å². The third kappa shape index (κ3) is 2.74. The summed E-state index contributed by atoms with van der Waals surface area (Å²) in [6.07, 6.45) is 0.918. The first-order valence-corrected chi connectivity index (χ1v) is 7.62. The maximum atomic E-state index is 12.3. The van der Waals surface area contributed by atoms with Gasteiger partial charge < -0.3 is 5.11 Å². The molecule has 0 fully saturated rings. The van der Waals surface area contributed by atoms with E-state index in [2.05, 4.69) is 10.2 Å². The second kappa shape index (κ2) is 5.07. The molecule has 3 rings (SSSR count). The van der Waals surface area contributed by atoms with Gasteiger partial charge in [0.25, 0.3) is 0 Å². The predicted octanol–water partition coefficient (Wildman–Crippen LogP) is 3.86. The van der Waals surface area contributed by atoms with Crippen LogP contribution in [0.5, 0.6) is 0 Å². The highest BCUT2D eigenvalue weighted by atomic mass is 32.1. The van der Waals surface area contributed by atoms with Crippen LogP contribution in [0.25, 0.3) is 16.1 Å². The van der Waals surface area contributed by atoms with Crippen molar-refractivity contribution in [3.05, 3.63) is 41.1 Å². The van der Waals surface area contributed by atoms with Gasteiger partial charge in [-0.15, -0.1) is 10.2 Å². The Hall–Kier alpha value is -2.01. The number of carbonyl (C=O) groups is 1. The molecule has 0 bridgehead atoms. The van der Waals surface area contributed by atoms with E-state index in [9.17, 15) is 9.90 Å². The summed E-state index contributed by atoms with van der Waals surface area (Å²) in [6, 6.07) is 9.70. The highest BCUT2D eigenvalue weighted by Crippen LogP contribution is 2.40. The number of ketones is 1. The second-order valence-electron chi connectivity index (χ2n) is 6.04. The van der Waals surface area contributed by atoms with Gasteiger partial charge in [0.05, 0.1) is 5.57 Å². The van der Waals surface area contributed by atoms with Crippen LogP contribution in [0.1, 0.15) is 31.7 Å². The van der Waals surface area contributed by atoms with E-state index in [4.69, 9.17) is 0 Å². The third-order valence-corrected chi connectivity index (χ3v) is 4.50. The Morgan fingerprint density at radius 3 is 2.43 bits per heavy atom. The van der Waals surface area contributed by atoms with Crippen LogP contribution in [-0.4, -0.2) is 21.1 Å². The molecule has 0 spiro atoms. The van der Waals surface area contributed by atoms with Crippen LogP contribution in [0.15, 0.2) is 36.1 Å². The van der Waals surface area contributed by atoms with Gasteiger partial charge in [-0.05, 0) is 5.41 Å². The fourth-order valence-corrected chi connectivity index (χ4v) is 3.49. The minimum Gasteiger partial charge on any atom is -0.511 e. The normalized spacial score (nSPS) is 18.1. The second-order valence-corrected chi connectivity index (χ2v) is 7.02. The zero-order chi connectivity index (χ0) is 15.0. The maximum absolute atomic E-state index is 12.3. The smallest absolute Gasteiger partial charge is 0.169 e. The van der Waals surface area contributed by atoms with E-state index in [-0.39, 0.29) is 17.0 Å². The first kappa shape index (κ1) is 13.9. The molecule has 1 aliphatic rings. The summed E-state index contributed by atoms with van der Waals surface area (Å²) in [6.45, 7) is 3.96. The van der Waals surface area contributed by atoms with Crippen molar-refractivity contribution < 1.29 is 9.90 Å². The summed E-state index contributed by atoms with van der Waals surface area (Å²) in [5, 5.41) is 19.7. The van der Waals surface area contributed by atoms with Gasteiger partial charge in [0.15, 0.2) is 10.8 Å². The molecule has 21 heavy (non-hydrogen) atoms. The van der Waals surface area contributed by atoms with Crippen LogP contribution in [0.4, 0.5) is 0 Å². The lowest BCUT2D eigenvalue weighted by molar-refractivity contribution is -0.116.